The van der Waals surface area contributed by atoms with E-state index in [0.717, 1.165) is 42.1 Å². The van der Waals surface area contributed by atoms with Crippen molar-refractivity contribution in [3.8, 4) is 0 Å². The molecule has 0 aromatic carbocycles. The molecule has 0 aliphatic heterocycles. The summed E-state index contributed by atoms with van der Waals surface area (Å²) in [4.78, 5) is 4.45. The Morgan fingerprint density at radius 2 is 2.17 bits per heavy atom. The highest BCUT2D eigenvalue weighted by Crippen LogP contribution is 2.44. The number of rotatable bonds is 7. The van der Waals surface area contributed by atoms with Crippen molar-refractivity contribution in [2.45, 2.75) is 51.4 Å². The molecule has 0 amide bonds. The van der Waals surface area contributed by atoms with Gasteiger partial charge in [-0.1, -0.05) is 31.2 Å². The van der Waals surface area contributed by atoms with Crippen LogP contribution < -0.4 is 0 Å². The second-order valence-electron chi connectivity index (χ2n) is 7.68. The summed E-state index contributed by atoms with van der Waals surface area (Å²) in [6, 6.07) is 2.92. The zero-order chi connectivity index (χ0) is 16.6. The minimum atomic E-state index is -1.09. The van der Waals surface area contributed by atoms with Crippen LogP contribution in [0.25, 0.3) is 11.0 Å². The molecular formula is C17H25ClN2O2Si. The fourth-order valence-corrected chi connectivity index (χ4v) is 3.74. The summed E-state index contributed by atoms with van der Waals surface area (Å²) in [5.41, 5.74) is 1.68. The van der Waals surface area contributed by atoms with Gasteiger partial charge in [-0.3, -0.25) is 0 Å². The summed E-state index contributed by atoms with van der Waals surface area (Å²) < 4.78 is 7.81. The van der Waals surface area contributed by atoms with Crippen LogP contribution in [0.3, 0.4) is 0 Å². The molecule has 1 aliphatic carbocycles. The maximum atomic E-state index is 10.5. The number of hydrogen-bond acceptors (Lipinski definition) is 3. The fourth-order valence-electron chi connectivity index (χ4n) is 2.74. The molecule has 1 atom stereocenters. The molecule has 1 N–H and O–H groups in total. The maximum Gasteiger partial charge on any atom is 0.143 e. The van der Waals surface area contributed by atoms with Gasteiger partial charge in [-0.2, -0.15) is 0 Å². The Hall–Kier alpha value is -0.883. The number of aliphatic hydroxyl groups excluding tert-OH is 1. The first-order valence-electron chi connectivity index (χ1n) is 8.26. The van der Waals surface area contributed by atoms with Gasteiger partial charge in [-0.25, -0.2) is 4.98 Å². The summed E-state index contributed by atoms with van der Waals surface area (Å²) in [6.45, 7) is 8.23. The number of aliphatic hydroxyl groups is 1. The standard InChI is InChI=1S/C17H25ClN2O2Si/c1-23(2,3)9-8-22-11-20-10-13(16(21)12-4-5-12)15-14(18)6-7-19-17(15)20/h6-7,10,12,16,21H,4-5,8-9,11H2,1-3H3. The van der Waals surface area contributed by atoms with Crippen molar-refractivity contribution < 1.29 is 9.84 Å². The lowest BCUT2D eigenvalue weighted by atomic mass is 10.1. The van der Waals surface area contributed by atoms with Crippen LogP contribution in [0.5, 0.6) is 0 Å². The van der Waals surface area contributed by atoms with E-state index in [1.54, 1.807) is 12.3 Å². The van der Waals surface area contributed by atoms with Gasteiger partial charge in [-0.15, -0.1) is 0 Å². The number of halogens is 1. The van der Waals surface area contributed by atoms with Gasteiger partial charge in [0.05, 0.1) is 11.1 Å². The van der Waals surface area contributed by atoms with Crippen LogP contribution in [-0.2, 0) is 11.5 Å². The van der Waals surface area contributed by atoms with E-state index in [4.69, 9.17) is 16.3 Å². The molecule has 2 aromatic heterocycles. The molecule has 3 rings (SSSR count). The van der Waals surface area contributed by atoms with Gasteiger partial charge in [0.1, 0.15) is 12.4 Å². The summed E-state index contributed by atoms with van der Waals surface area (Å²) in [7, 11) is -1.09. The van der Waals surface area contributed by atoms with E-state index in [9.17, 15) is 5.11 Å². The Balaban J connectivity index is 1.81. The van der Waals surface area contributed by atoms with E-state index in [1.165, 1.54) is 0 Å². The number of aromatic nitrogens is 2. The highest BCUT2D eigenvalue weighted by Gasteiger charge is 2.33. The predicted octanol–water partition coefficient (Wildman–Crippen LogP) is 4.45. The third-order valence-electron chi connectivity index (χ3n) is 4.35. The van der Waals surface area contributed by atoms with Crippen LogP contribution in [0, 0.1) is 5.92 Å². The van der Waals surface area contributed by atoms with Crippen LogP contribution in [0.1, 0.15) is 24.5 Å². The van der Waals surface area contributed by atoms with Crippen molar-refractivity contribution in [3.05, 3.63) is 29.0 Å². The lowest BCUT2D eigenvalue weighted by Crippen LogP contribution is -2.22. The van der Waals surface area contributed by atoms with Crippen LogP contribution >= 0.6 is 11.6 Å². The predicted molar refractivity (Wildman–Crippen MR) is 96.5 cm³/mol. The van der Waals surface area contributed by atoms with Crippen LogP contribution in [0.15, 0.2) is 18.5 Å². The third kappa shape index (κ3) is 3.97. The lowest BCUT2D eigenvalue weighted by molar-refractivity contribution is 0.0891. The Bertz CT molecular complexity index is 692. The minimum absolute atomic E-state index is 0.359. The van der Waals surface area contributed by atoms with Crippen molar-refractivity contribution in [1.29, 1.82) is 0 Å². The first-order valence-corrected chi connectivity index (χ1v) is 12.3. The summed E-state index contributed by atoms with van der Waals surface area (Å²) in [6.07, 6.45) is 5.37. The zero-order valence-electron chi connectivity index (χ0n) is 14.1. The number of fused-ring (bicyclic) bond motifs is 1. The normalized spacial score (nSPS) is 16.9. The van der Waals surface area contributed by atoms with E-state index in [0.29, 0.717) is 17.7 Å². The second-order valence-corrected chi connectivity index (χ2v) is 13.7. The molecule has 4 nitrogen and oxygen atoms in total. The molecule has 0 radical (unpaired) electrons. The molecule has 126 valence electrons. The molecule has 1 fully saturated rings. The summed E-state index contributed by atoms with van der Waals surface area (Å²) in [5.74, 6) is 0.359. The molecule has 1 saturated carbocycles. The molecule has 6 heteroatoms. The number of pyridine rings is 1. The van der Waals surface area contributed by atoms with Gasteiger partial charge in [0, 0.05) is 38.0 Å². The van der Waals surface area contributed by atoms with E-state index in [-0.39, 0.29) is 0 Å². The molecule has 0 saturated heterocycles. The van der Waals surface area contributed by atoms with E-state index in [1.807, 2.05) is 10.8 Å². The van der Waals surface area contributed by atoms with E-state index in [2.05, 4.69) is 24.6 Å². The zero-order valence-corrected chi connectivity index (χ0v) is 15.8. The topological polar surface area (TPSA) is 47.3 Å². The van der Waals surface area contributed by atoms with Crippen molar-refractivity contribution in [1.82, 2.24) is 9.55 Å². The van der Waals surface area contributed by atoms with Crippen molar-refractivity contribution in [2.24, 2.45) is 5.92 Å². The van der Waals surface area contributed by atoms with Crippen LogP contribution in [0.4, 0.5) is 0 Å². The number of ether oxygens (including phenoxy) is 1. The molecule has 0 bridgehead atoms. The van der Waals surface area contributed by atoms with Crippen molar-refractivity contribution in [3.63, 3.8) is 0 Å². The van der Waals surface area contributed by atoms with Gasteiger partial charge >= 0.3 is 0 Å². The third-order valence-corrected chi connectivity index (χ3v) is 6.37. The minimum Gasteiger partial charge on any atom is -0.388 e. The Morgan fingerprint density at radius 1 is 1.43 bits per heavy atom. The number of hydrogen-bond donors (Lipinski definition) is 1. The van der Waals surface area contributed by atoms with E-state index >= 15 is 0 Å². The van der Waals surface area contributed by atoms with Crippen LogP contribution in [-0.4, -0.2) is 29.3 Å². The van der Waals surface area contributed by atoms with Gasteiger partial charge in [0.25, 0.3) is 0 Å². The first-order chi connectivity index (χ1) is 10.9. The largest absolute Gasteiger partial charge is 0.388 e. The molecule has 0 spiro atoms. The quantitative estimate of drug-likeness (QED) is 0.591. The second kappa shape index (κ2) is 6.55. The lowest BCUT2D eigenvalue weighted by Gasteiger charge is -2.15. The molecule has 23 heavy (non-hydrogen) atoms. The van der Waals surface area contributed by atoms with Gasteiger partial charge in [0.2, 0.25) is 0 Å². The van der Waals surface area contributed by atoms with Crippen molar-refractivity contribution >= 4 is 30.7 Å². The van der Waals surface area contributed by atoms with E-state index < -0.39 is 14.2 Å². The Kier molecular flexibility index (Phi) is 4.83. The molecule has 2 heterocycles. The smallest absolute Gasteiger partial charge is 0.143 e. The molecule has 1 aliphatic rings. The maximum absolute atomic E-state index is 10.5. The van der Waals surface area contributed by atoms with Gasteiger partial charge in [-0.05, 0) is 30.9 Å². The highest BCUT2D eigenvalue weighted by atomic mass is 35.5. The number of nitrogens with zero attached hydrogens (tertiary/aromatic N) is 2. The molecule has 1 unspecified atom stereocenters. The first kappa shape index (κ1) is 17.0. The molecule has 2 aromatic rings. The van der Waals surface area contributed by atoms with Crippen molar-refractivity contribution in [2.75, 3.05) is 6.61 Å². The Labute approximate surface area is 143 Å². The van der Waals surface area contributed by atoms with Gasteiger partial charge < -0.3 is 14.4 Å². The SMILES string of the molecule is C[Si](C)(C)CCOCn1cc(C(O)C2CC2)c2c(Cl)ccnc21. The summed E-state index contributed by atoms with van der Waals surface area (Å²) in [5, 5.41) is 12.0. The Morgan fingerprint density at radius 3 is 2.83 bits per heavy atom. The molecular weight excluding hydrogens is 328 g/mol. The monoisotopic (exact) mass is 352 g/mol. The highest BCUT2D eigenvalue weighted by molar-refractivity contribution is 6.76. The van der Waals surface area contributed by atoms with Gasteiger partial charge in [0.15, 0.2) is 0 Å². The average Bonchev–Trinajstić information content (AvgIpc) is 3.25. The summed E-state index contributed by atoms with van der Waals surface area (Å²) >= 11 is 6.37. The fraction of sp³-hybridized carbons (Fsp3) is 0.588. The van der Waals surface area contributed by atoms with Crippen LogP contribution in [0.2, 0.25) is 30.7 Å². The average molecular weight is 353 g/mol.